The Hall–Kier alpha value is -2.14. The van der Waals surface area contributed by atoms with Gasteiger partial charge in [0.15, 0.2) is 18.1 Å². The van der Waals surface area contributed by atoms with Gasteiger partial charge in [-0.05, 0) is 30.2 Å². The highest BCUT2D eigenvalue weighted by molar-refractivity contribution is 7.99. The Kier molecular flexibility index (Phi) is 5.08. The van der Waals surface area contributed by atoms with Crippen molar-refractivity contribution in [3.05, 3.63) is 54.1 Å². The van der Waals surface area contributed by atoms with E-state index in [-0.39, 0.29) is 18.6 Å². The molecule has 0 spiro atoms. The van der Waals surface area contributed by atoms with E-state index in [1.54, 1.807) is 13.2 Å². The second-order valence-corrected chi connectivity index (χ2v) is 6.37. The van der Waals surface area contributed by atoms with Crippen LogP contribution in [-0.4, -0.2) is 25.4 Å². The Labute approximate surface area is 140 Å². The molecule has 0 saturated heterocycles. The number of thioether (sulfide) groups is 1. The number of amides is 1. The molecule has 1 N–H and O–H groups in total. The van der Waals surface area contributed by atoms with E-state index in [1.807, 2.05) is 42.1 Å². The van der Waals surface area contributed by atoms with Gasteiger partial charge in [-0.15, -0.1) is 11.8 Å². The van der Waals surface area contributed by atoms with Crippen LogP contribution in [0.25, 0.3) is 0 Å². The van der Waals surface area contributed by atoms with Gasteiger partial charge in [-0.3, -0.25) is 4.79 Å². The molecule has 5 heteroatoms. The van der Waals surface area contributed by atoms with Crippen LogP contribution in [0.4, 0.5) is 0 Å². The topological polar surface area (TPSA) is 47.6 Å². The predicted molar refractivity (Wildman–Crippen MR) is 91.2 cm³/mol. The molecule has 1 unspecified atom stereocenters. The first kappa shape index (κ1) is 15.7. The normalized spacial score (nSPS) is 16.3. The maximum atomic E-state index is 12.2. The molecule has 3 rings (SSSR count). The number of para-hydroxylation sites is 2. The van der Waals surface area contributed by atoms with E-state index in [0.29, 0.717) is 11.5 Å². The summed E-state index contributed by atoms with van der Waals surface area (Å²) in [4.78, 5) is 13.5. The minimum absolute atomic E-state index is 0.0216. The average Bonchev–Trinajstić information content (AvgIpc) is 2.60. The monoisotopic (exact) mass is 329 g/mol. The van der Waals surface area contributed by atoms with E-state index >= 15 is 0 Å². The summed E-state index contributed by atoms with van der Waals surface area (Å²) in [7, 11) is 1.58. The lowest BCUT2D eigenvalue weighted by molar-refractivity contribution is -0.123. The lowest BCUT2D eigenvalue weighted by Gasteiger charge is -2.25. The molecule has 2 aromatic rings. The van der Waals surface area contributed by atoms with Crippen molar-refractivity contribution in [2.24, 2.45) is 0 Å². The molecule has 1 aliphatic heterocycles. The zero-order chi connectivity index (χ0) is 16.1. The third-order valence-corrected chi connectivity index (χ3v) is 4.84. The van der Waals surface area contributed by atoms with Gasteiger partial charge in [0.1, 0.15) is 0 Å². The number of ether oxygens (including phenoxy) is 2. The van der Waals surface area contributed by atoms with Gasteiger partial charge in [0.2, 0.25) is 0 Å². The van der Waals surface area contributed by atoms with Crippen LogP contribution in [-0.2, 0) is 4.79 Å². The molecule has 120 valence electrons. The molecule has 2 aromatic carbocycles. The number of methoxy groups -OCH3 is 1. The molecule has 0 bridgehead atoms. The van der Waals surface area contributed by atoms with Gasteiger partial charge < -0.3 is 14.8 Å². The fraction of sp³-hybridized carbons (Fsp3) is 0.278. The average molecular weight is 329 g/mol. The molecule has 0 radical (unpaired) electrons. The molecule has 1 amide bonds. The van der Waals surface area contributed by atoms with Crippen LogP contribution in [0.3, 0.4) is 0 Å². The Bertz CT molecular complexity index is 689. The highest BCUT2D eigenvalue weighted by Crippen LogP contribution is 2.35. The maximum Gasteiger partial charge on any atom is 0.258 e. The molecule has 0 aromatic heterocycles. The van der Waals surface area contributed by atoms with Crippen LogP contribution in [0.2, 0.25) is 0 Å². The molecular formula is C18H19NO3S. The number of hydrogen-bond acceptors (Lipinski definition) is 4. The number of carbonyl (C=O) groups is 1. The van der Waals surface area contributed by atoms with Gasteiger partial charge in [-0.25, -0.2) is 0 Å². The Morgan fingerprint density at radius 3 is 2.74 bits per heavy atom. The van der Waals surface area contributed by atoms with Gasteiger partial charge in [-0.1, -0.05) is 30.3 Å². The summed E-state index contributed by atoms with van der Waals surface area (Å²) in [5.41, 5.74) is 1.19. The first-order chi connectivity index (χ1) is 11.3. The lowest BCUT2D eigenvalue weighted by atomic mass is 10.0. The van der Waals surface area contributed by atoms with Crippen LogP contribution in [0.1, 0.15) is 18.0 Å². The van der Waals surface area contributed by atoms with Crippen molar-refractivity contribution in [3.63, 3.8) is 0 Å². The van der Waals surface area contributed by atoms with E-state index in [4.69, 9.17) is 9.47 Å². The molecule has 23 heavy (non-hydrogen) atoms. The van der Waals surface area contributed by atoms with E-state index in [2.05, 4.69) is 17.4 Å². The summed E-state index contributed by atoms with van der Waals surface area (Å²) < 4.78 is 10.8. The highest BCUT2D eigenvalue weighted by atomic mass is 32.2. The summed E-state index contributed by atoms with van der Waals surface area (Å²) in [6, 6.07) is 15.6. The third kappa shape index (κ3) is 3.79. The van der Waals surface area contributed by atoms with Crippen LogP contribution in [0, 0.1) is 0 Å². The minimum Gasteiger partial charge on any atom is -0.493 e. The van der Waals surface area contributed by atoms with Crippen molar-refractivity contribution < 1.29 is 14.3 Å². The quantitative estimate of drug-likeness (QED) is 0.913. The van der Waals surface area contributed by atoms with Crippen molar-refractivity contribution in [1.29, 1.82) is 0 Å². The second-order valence-electron chi connectivity index (χ2n) is 5.23. The smallest absolute Gasteiger partial charge is 0.258 e. The Morgan fingerprint density at radius 1 is 1.17 bits per heavy atom. The van der Waals surface area contributed by atoms with E-state index in [9.17, 15) is 4.79 Å². The molecule has 1 aliphatic rings. The lowest BCUT2D eigenvalue weighted by Crippen LogP contribution is -2.34. The maximum absolute atomic E-state index is 12.2. The summed E-state index contributed by atoms with van der Waals surface area (Å²) in [5.74, 6) is 2.09. The number of benzene rings is 2. The first-order valence-electron chi connectivity index (χ1n) is 7.55. The first-order valence-corrected chi connectivity index (χ1v) is 8.53. The Balaban J connectivity index is 1.60. The van der Waals surface area contributed by atoms with Crippen LogP contribution in [0.15, 0.2) is 53.4 Å². The van der Waals surface area contributed by atoms with Gasteiger partial charge in [-0.2, -0.15) is 0 Å². The zero-order valence-corrected chi connectivity index (χ0v) is 13.8. The fourth-order valence-electron chi connectivity index (χ4n) is 2.61. The standard InChI is InChI=1S/C18H19NO3S/c1-21-15-7-3-4-8-16(15)22-12-18(20)19-14-10-11-23-17-9-5-2-6-13(14)17/h2-9,14H,10-12H2,1H3,(H,19,20). The van der Waals surface area contributed by atoms with Crippen molar-refractivity contribution >= 4 is 17.7 Å². The fourth-order valence-corrected chi connectivity index (χ4v) is 3.73. The van der Waals surface area contributed by atoms with Crippen molar-refractivity contribution in [2.45, 2.75) is 17.4 Å². The summed E-state index contributed by atoms with van der Waals surface area (Å²) >= 11 is 1.84. The van der Waals surface area contributed by atoms with E-state index in [1.165, 1.54) is 10.5 Å². The highest BCUT2D eigenvalue weighted by Gasteiger charge is 2.22. The van der Waals surface area contributed by atoms with Crippen LogP contribution >= 0.6 is 11.8 Å². The largest absolute Gasteiger partial charge is 0.493 e. The molecule has 0 aliphatic carbocycles. The van der Waals surface area contributed by atoms with E-state index in [0.717, 1.165) is 12.2 Å². The number of fused-ring (bicyclic) bond motifs is 1. The van der Waals surface area contributed by atoms with Crippen molar-refractivity contribution in [2.75, 3.05) is 19.5 Å². The summed E-state index contributed by atoms with van der Waals surface area (Å²) in [6.45, 7) is -0.0216. The third-order valence-electron chi connectivity index (χ3n) is 3.72. The number of rotatable bonds is 5. The molecule has 0 fully saturated rings. The second kappa shape index (κ2) is 7.42. The molecule has 4 nitrogen and oxygen atoms in total. The van der Waals surface area contributed by atoms with Gasteiger partial charge in [0.25, 0.3) is 5.91 Å². The Morgan fingerprint density at radius 2 is 1.91 bits per heavy atom. The van der Waals surface area contributed by atoms with Crippen LogP contribution in [0.5, 0.6) is 11.5 Å². The minimum atomic E-state index is -0.123. The van der Waals surface area contributed by atoms with Gasteiger partial charge >= 0.3 is 0 Å². The van der Waals surface area contributed by atoms with Gasteiger partial charge in [0.05, 0.1) is 13.2 Å². The van der Waals surface area contributed by atoms with Crippen LogP contribution < -0.4 is 14.8 Å². The molecular weight excluding hydrogens is 310 g/mol. The predicted octanol–water partition coefficient (Wildman–Crippen LogP) is 3.43. The molecule has 1 atom stereocenters. The zero-order valence-electron chi connectivity index (χ0n) is 13.0. The molecule has 1 heterocycles. The number of hydrogen-bond donors (Lipinski definition) is 1. The SMILES string of the molecule is COc1ccccc1OCC(=O)NC1CCSc2ccccc21. The van der Waals surface area contributed by atoms with Crippen molar-refractivity contribution in [1.82, 2.24) is 5.32 Å². The van der Waals surface area contributed by atoms with E-state index < -0.39 is 0 Å². The van der Waals surface area contributed by atoms with Crippen molar-refractivity contribution in [3.8, 4) is 11.5 Å². The summed E-state index contributed by atoms with van der Waals surface area (Å²) in [5, 5.41) is 3.06. The number of carbonyl (C=O) groups excluding carboxylic acids is 1. The van der Waals surface area contributed by atoms with Gasteiger partial charge in [0, 0.05) is 10.6 Å². The molecule has 0 saturated carbocycles. The number of nitrogens with one attached hydrogen (secondary N) is 1. The summed E-state index contributed by atoms with van der Waals surface area (Å²) in [6.07, 6.45) is 0.933.